The van der Waals surface area contributed by atoms with Crippen molar-refractivity contribution in [2.75, 3.05) is 42.6 Å². The van der Waals surface area contributed by atoms with Crippen LogP contribution >= 0.6 is 22.9 Å². The Balaban J connectivity index is 1.66. The molecular formula is C24H30ClN3O3S. The molecule has 1 saturated heterocycles. The summed E-state index contributed by atoms with van der Waals surface area (Å²) in [5, 5.41) is 3.05. The number of morpholine rings is 1. The van der Waals surface area contributed by atoms with Crippen LogP contribution in [0.2, 0.25) is 4.34 Å². The number of ether oxygens (including phenoxy) is 1. The highest BCUT2D eigenvalue weighted by Crippen LogP contribution is 2.26. The van der Waals surface area contributed by atoms with Crippen LogP contribution in [0.1, 0.15) is 36.4 Å². The highest BCUT2D eigenvalue weighted by molar-refractivity contribution is 7.18. The number of hydrogen-bond donors (Lipinski definition) is 1. The topological polar surface area (TPSA) is 61.9 Å². The molecule has 0 spiro atoms. The summed E-state index contributed by atoms with van der Waals surface area (Å²) in [6.07, 6.45) is 2.00. The van der Waals surface area contributed by atoms with Gasteiger partial charge in [-0.15, -0.1) is 11.3 Å². The number of nitrogens with one attached hydrogen (secondary N) is 1. The van der Waals surface area contributed by atoms with Gasteiger partial charge in [-0.1, -0.05) is 31.5 Å². The lowest BCUT2D eigenvalue weighted by Crippen LogP contribution is -2.41. The summed E-state index contributed by atoms with van der Waals surface area (Å²) in [6.45, 7) is 10.8. The molecule has 0 saturated carbocycles. The molecule has 0 bridgehead atoms. The number of rotatable bonds is 10. The molecular weight excluding hydrogens is 446 g/mol. The number of amides is 2. The van der Waals surface area contributed by atoms with Gasteiger partial charge in [0.2, 0.25) is 0 Å². The van der Waals surface area contributed by atoms with Gasteiger partial charge in [0.15, 0.2) is 0 Å². The largest absolute Gasteiger partial charge is 0.370 e. The van der Waals surface area contributed by atoms with Crippen LogP contribution in [0.3, 0.4) is 0 Å². The van der Waals surface area contributed by atoms with E-state index in [2.05, 4.69) is 23.7 Å². The third kappa shape index (κ3) is 6.34. The molecule has 1 aliphatic rings. The van der Waals surface area contributed by atoms with Crippen LogP contribution in [-0.4, -0.2) is 44.7 Å². The monoisotopic (exact) mass is 475 g/mol. The molecule has 0 radical (unpaired) electrons. The number of hydrogen-bond acceptors (Lipinski definition) is 5. The van der Waals surface area contributed by atoms with Crippen LogP contribution in [0, 0.1) is 5.92 Å². The van der Waals surface area contributed by atoms with E-state index in [1.807, 2.05) is 31.2 Å². The number of carbonyl (C=O) groups excluding carboxylic acids is 2. The SMILES string of the molecule is C=C(C)N(CC(CCC)CNC(=O)c1ccc(Cl)s1)c1ccc(N2CCOCC2=O)cc1. The van der Waals surface area contributed by atoms with Crippen molar-refractivity contribution >= 4 is 46.1 Å². The van der Waals surface area contributed by atoms with Crippen LogP contribution in [0.25, 0.3) is 0 Å². The van der Waals surface area contributed by atoms with Gasteiger partial charge in [-0.25, -0.2) is 0 Å². The summed E-state index contributed by atoms with van der Waals surface area (Å²) < 4.78 is 5.82. The molecule has 2 heterocycles. The molecule has 1 unspecified atom stereocenters. The van der Waals surface area contributed by atoms with Crippen molar-refractivity contribution in [3.8, 4) is 0 Å². The van der Waals surface area contributed by atoms with Crippen molar-refractivity contribution in [2.24, 2.45) is 5.92 Å². The van der Waals surface area contributed by atoms with Crippen molar-refractivity contribution in [3.63, 3.8) is 0 Å². The quantitative estimate of drug-likeness (QED) is 0.528. The van der Waals surface area contributed by atoms with E-state index in [0.29, 0.717) is 28.9 Å². The van der Waals surface area contributed by atoms with Gasteiger partial charge in [0, 0.05) is 36.7 Å². The Labute approximate surface area is 198 Å². The Kier molecular flexibility index (Phi) is 8.73. The van der Waals surface area contributed by atoms with Gasteiger partial charge in [0.05, 0.1) is 15.8 Å². The van der Waals surface area contributed by atoms with Crippen molar-refractivity contribution in [2.45, 2.75) is 26.7 Å². The summed E-state index contributed by atoms with van der Waals surface area (Å²) in [5.74, 6) is 0.146. The zero-order chi connectivity index (χ0) is 23.1. The normalized spacial score (nSPS) is 14.8. The Morgan fingerprint density at radius 2 is 2.06 bits per heavy atom. The molecule has 1 aromatic carbocycles. The Morgan fingerprint density at radius 1 is 1.31 bits per heavy atom. The van der Waals surface area contributed by atoms with E-state index in [1.54, 1.807) is 17.0 Å². The van der Waals surface area contributed by atoms with Gasteiger partial charge < -0.3 is 19.9 Å². The van der Waals surface area contributed by atoms with Gasteiger partial charge in [-0.2, -0.15) is 0 Å². The van der Waals surface area contributed by atoms with Crippen molar-refractivity contribution in [1.82, 2.24) is 5.32 Å². The number of nitrogens with zero attached hydrogens (tertiary/aromatic N) is 2. The van der Waals surface area contributed by atoms with Crippen molar-refractivity contribution < 1.29 is 14.3 Å². The number of benzene rings is 1. The maximum atomic E-state index is 12.4. The van der Waals surface area contributed by atoms with Gasteiger partial charge in [-0.3, -0.25) is 9.59 Å². The number of allylic oxidation sites excluding steroid dienone is 1. The van der Waals surface area contributed by atoms with Gasteiger partial charge in [-0.05, 0) is 55.7 Å². The van der Waals surface area contributed by atoms with Crippen LogP contribution in [-0.2, 0) is 9.53 Å². The van der Waals surface area contributed by atoms with Crippen LogP contribution < -0.4 is 15.1 Å². The highest BCUT2D eigenvalue weighted by Gasteiger charge is 2.21. The standard InChI is InChI=1S/C24H30ClN3O3S/c1-4-5-18(14-26-24(30)21-10-11-22(25)32-21)15-28(17(2)3)20-8-6-19(7-9-20)27-12-13-31-16-23(27)29/h6-11,18H,2,4-5,12-16H2,1,3H3,(H,26,30). The van der Waals surface area contributed by atoms with E-state index in [9.17, 15) is 9.59 Å². The minimum absolute atomic E-state index is 0.0217. The fourth-order valence-corrected chi connectivity index (χ4v) is 4.73. The summed E-state index contributed by atoms with van der Waals surface area (Å²) >= 11 is 7.23. The first-order valence-corrected chi connectivity index (χ1v) is 12.0. The Morgan fingerprint density at radius 3 is 2.66 bits per heavy atom. The predicted octanol–water partition coefficient (Wildman–Crippen LogP) is 4.95. The predicted molar refractivity (Wildman–Crippen MR) is 132 cm³/mol. The molecule has 1 aromatic heterocycles. The minimum Gasteiger partial charge on any atom is -0.370 e. The minimum atomic E-state index is -0.0931. The molecule has 8 heteroatoms. The molecule has 1 atom stereocenters. The molecule has 6 nitrogen and oxygen atoms in total. The Hall–Kier alpha value is -2.35. The van der Waals surface area contributed by atoms with Gasteiger partial charge in [0.1, 0.15) is 6.61 Å². The van der Waals surface area contributed by atoms with E-state index in [1.165, 1.54) is 11.3 Å². The lowest BCUT2D eigenvalue weighted by atomic mass is 10.0. The lowest BCUT2D eigenvalue weighted by molar-refractivity contribution is -0.125. The van der Waals surface area contributed by atoms with E-state index < -0.39 is 0 Å². The molecule has 2 amide bonds. The zero-order valence-electron chi connectivity index (χ0n) is 18.6. The zero-order valence-corrected chi connectivity index (χ0v) is 20.2. The molecule has 3 rings (SSSR count). The first-order chi connectivity index (χ1) is 15.4. The van der Waals surface area contributed by atoms with E-state index in [4.69, 9.17) is 16.3 Å². The lowest BCUT2D eigenvalue weighted by Gasteiger charge is -2.31. The van der Waals surface area contributed by atoms with Crippen LogP contribution in [0.5, 0.6) is 0 Å². The molecule has 32 heavy (non-hydrogen) atoms. The van der Waals surface area contributed by atoms with Gasteiger partial charge >= 0.3 is 0 Å². The maximum absolute atomic E-state index is 12.4. The third-order valence-electron chi connectivity index (χ3n) is 5.41. The summed E-state index contributed by atoms with van der Waals surface area (Å²) in [7, 11) is 0. The van der Waals surface area contributed by atoms with Crippen LogP contribution in [0.4, 0.5) is 11.4 Å². The fraction of sp³-hybridized carbons (Fsp3) is 0.417. The molecule has 172 valence electrons. The van der Waals surface area contributed by atoms with E-state index in [-0.39, 0.29) is 24.3 Å². The average molecular weight is 476 g/mol. The van der Waals surface area contributed by atoms with Crippen molar-refractivity contribution in [1.29, 1.82) is 0 Å². The van der Waals surface area contributed by atoms with E-state index in [0.717, 1.165) is 36.5 Å². The Bertz CT molecular complexity index is 944. The second-order valence-electron chi connectivity index (χ2n) is 7.93. The number of halogens is 1. The maximum Gasteiger partial charge on any atom is 0.261 e. The summed E-state index contributed by atoms with van der Waals surface area (Å²) in [6, 6.07) is 11.4. The molecule has 1 N–H and O–H groups in total. The fourth-order valence-electron chi connectivity index (χ4n) is 3.77. The first kappa shape index (κ1) is 24.3. The summed E-state index contributed by atoms with van der Waals surface area (Å²) in [4.78, 5) is 29.1. The van der Waals surface area contributed by atoms with Gasteiger partial charge in [0.25, 0.3) is 11.8 Å². The molecule has 2 aromatic rings. The smallest absolute Gasteiger partial charge is 0.261 e. The molecule has 0 aliphatic carbocycles. The number of anilines is 2. The number of thiophene rings is 1. The molecule has 1 aliphatic heterocycles. The molecule has 1 fully saturated rings. The number of carbonyl (C=O) groups is 2. The second kappa shape index (κ2) is 11.5. The van der Waals surface area contributed by atoms with Crippen LogP contribution in [0.15, 0.2) is 48.7 Å². The van der Waals surface area contributed by atoms with E-state index >= 15 is 0 Å². The third-order valence-corrected chi connectivity index (χ3v) is 6.64. The highest BCUT2D eigenvalue weighted by atomic mass is 35.5. The first-order valence-electron chi connectivity index (χ1n) is 10.8. The second-order valence-corrected chi connectivity index (χ2v) is 9.64. The summed E-state index contributed by atoms with van der Waals surface area (Å²) in [5.41, 5.74) is 2.81. The average Bonchev–Trinajstić information content (AvgIpc) is 3.22. The van der Waals surface area contributed by atoms with Crippen molar-refractivity contribution in [3.05, 3.63) is 57.9 Å².